The van der Waals surface area contributed by atoms with Crippen LogP contribution in [0.1, 0.15) is 29.6 Å². The normalized spacial score (nSPS) is 14.7. The number of nitrogens with one attached hydrogen (secondary N) is 1. The summed E-state index contributed by atoms with van der Waals surface area (Å²) in [4.78, 5) is 24.7. The molecule has 1 saturated heterocycles. The van der Waals surface area contributed by atoms with Crippen molar-refractivity contribution in [1.29, 1.82) is 0 Å². The molecule has 0 aliphatic carbocycles. The lowest BCUT2D eigenvalue weighted by atomic mass is 10.1. The van der Waals surface area contributed by atoms with E-state index < -0.39 is 28.5 Å². The van der Waals surface area contributed by atoms with Crippen molar-refractivity contribution in [3.63, 3.8) is 0 Å². The summed E-state index contributed by atoms with van der Waals surface area (Å²) in [7, 11) is -3.55. The Bertz CT molecular complexity index is 1280. The molecule has 1 heterocycles. The minimum absolute atomic E-state index is 0.0335. The number of aromatic hydroxyl groups is 1. The van der Waals surface area contributed by atoms with E-state index in [1.807, 2.05) is 6.07 Å². The molecule has 4 rings (SSSR count). The van der Waals surface area contributed by atoms with E-state index in [2.05, 4.69) is 5.32 Å². The van der Waals surface area contributed by atoms with Crippen LogP contribution in [0.4, 0.5) is 5.69 Å². The summed E-state index contributed by atoms with van der Waals surface area (Å²) in [6.07, 6.45) is 2.73. The molecule has 3 aromatic carbocycles. The number of nitrogens with zero attached hydrogens (tertiary/aromatic N) is 1. The van der Waals surface area contributed by atoms with Gasteiger partial charge in [-0.25, -0.2) is 13.2 Å². The van der Waals surface area contributed by atoms with Gasteiger partial charge in [-0.05, 0) is 48.6 Å². The zero-order chi connectivity index (χ0) is 23.4. The molecule has 0 bridgehead atoms. The highest BCUT2D eigenvalue weighted by molar-refractivity contribution is 7.89. The molecule has 172 valence electrons. The van der Waals surface area contributed by atoms with Gasteiger partial charge in [0.1, 0.15) is 11.3 Å². The standard InChI is InChI=1S/C24H24N2O6S/c27-22(16-32-24(29)21-13-8-17-6-2-3-7-20(17)23(21)28)25-18-9-11-19(12-10-18)33(30,31)26-14-4-1-5-15-26/h2-3,6-13,28H,1,4-5,14-16H2,(H,25,27). The van der Waals surface area contributed by atoms with Crippen LogP contribution >= 0.6 is 0 Å². The fourth-order valence-corrected chi connectivity index (χ4v) is 5.31. The second-order valence-corrected chi connectivity index (χ2v) is 9.73. The summed E-state index contributed by atoms with van der Waals surface area (Å²) < 4.78 is 31.9. The van der Waals surface area contributed by atoms with E-state index in [0.29, 0.717) is 24.2 Å². The number of sulfonamides is 1. The lowest BCUT2D eigenvalue weighted by Gasteiger charge is -2.25. The predicted molar refractivity (Wildman–Crippen MR) is 124 cm³/mol. The third-order valence-corrected chi connectivity index (χ3v) is 7.46. The van der Waals surface area contributed by atoms with Crippen molar-refractivity contribution in [1.82, 2.24) is 4.31 Å². The molecule has 0 radical (unpaired) electrons. The van der Waals surface area contributed by atoms with Crippen molar-refractivity contribution in [2.75, 3.05) is 25.0 Å². The molecule has 0 unspecified atom stereocenters. The SMILES string of the molecule is O=C(COC(=O)c1ccc2ccccc2c1O)Nc1ccc(S(=O)(=O)N2CCCCC2)cc1. The van der Waals surface area contributed by atoms with Crippen molar-refractivity contribution in [3.8, 4) is 5.75 Å². The molecule has 8 nitrogen and oxygen atoms in total. The maximum Gasteiger partial charge on any atom is 0.342 e. The first kappa shape index (κ1) is 22.8. The number of carbonyl (C=O) groups is 2. The molecule has 0 aromatic heterocycles. The molecule has 1 aliphatic rings. The molecular weight excluding hydrogens is 444 g/mol. The number of hydrogen-bond donors (Lipinski definition) is 2. The highest BCUT2D eigenvalue weighted by Gasteiger charge is 2.25. The Morgan fingerprint density at radius 3 is 2.36 bits per heavy atom. The summed E-state index contributed by atoms with van der Waals surface area (Å²) in [6, 6.07) is 16.1. The molecule has 0 spiro atoms. The van der Waals surface area contributed by atoms with Crippen LogP contribution in [-0.4, -0.2) is 49.4 Å². The molecule has 0 saturated carbocycles. The molecule has 3 aromatic rings. The molecule has 1 amide bonds. The summed E-state index contributed by atoms with van der Waals surface area (Å²) in [5, 5.41) is 14.2. The number of piperidine rings is 1. The average molecular weight is 469 g/mol. The molecule has 33 heavy (non-hydrogen) atoms. The summed E-state index contributed by atoms with van der Waals surface area (Å²) in [6.45, 7) is 0.469. The van der Waals surface area contributed by atoms with Gasteiger partial charge in [-0.3, -0.25) is 4.79 Å². The van der Waals surface area contributed by atoms with Gasteiger partial charge in [0.2, 0.25) is 10.0 Å². The van der Waals surface area contributed by atoms with Crippen LogP contribution in [0.25, 0.3) is 10.8 Å². The topological polar surface area (TPSA) is 113 Å². The minimum Gasteiger partial charge on any atom is -0.506 e. The molecule has 1 aliphatic heterocycles. The Hall–Kier alpha value is -3.43. The number of phenolic OH excluding ortho intramolecular Hbond substituents is 1. The molecule has 0 atom stereocenters. The quantitative estimate of drug-likeness (QED) is 0.535. The minimum atomic E-state index is -3.55. The van der Waals surface area contributed by atoms with Crippen LogP contribution in [-0.2, 0) is 19.6 Å². The molecule has 1 fully saturated rings. The Labute approximate surface area is 191 Å². The summed E-state index contributed by atoms with van der Waals surface area (Å²) >= 11 is 0. The number of anilines is 1. The van der Waals surface area contributed by atoms with Crippen LogP contribution < -0.4 is 5.32 Å². The third-order valence-electron chi connectivity index (χ3n) is 5.55. The second-order valence-electron chi connectivity index (χ2n) is 7.80. The zero-order valence-electron chi connectivity index (χ0n) is 17.9. The van der Waals surface area contributed by atoms with Gasteiger partial charge in [-0.15, -0.1) is 0 Å². The van der Waals surface area contributed by atoms with Crippen LogP contribution in [0, 0.1) is 0 Å². The Balaban J connectivity index is 1.35. The number of hydrogen-bond acceptors (Lipinski definition) is 6. The van der Waals surface area contributed by atoms with Gasteiger partial charge >= 0.3 is 5.97 Å². The Morgan fingerprint density at radius 1 is 0.939 bits per heavy atom. The number of benzene rings is 3. The lowest BCUT2D eigenvalue weighted by molar-refractivity contribution is -0.119. The van der Waals surface area contributed by atoms with E-state index in [1.165, 1.54) is 34.6 Å². The number of amides is 1. The van der Waals surface area contributed by atoms with Gasteiger partial charge in [0.25, 0.3) is 5.91 Å². The van der Waals surface area contributed by atoms with E-state index >= 15 is 0 Å². The maximum absolute atomic E-state index is 12.7. The molecular formula is C24H24N2O6S. The van der Waals surface area contributed by atoms with Crippen LogP contribution in [0.2, 0.25) is 0 Å². The number of ether oxygens (including phenoxy) is 1. The van der Waals surface area contributed by atoms with Gasteiger partial charge < -0.3 is 15.2 Å². The van der Waals surface area contributed by atoms with Crippen molar-refractivity contribution < 1.29 is 27.9 Å². The predicted octanol–water partition coefficient (Wildman–Crippen LogP) is 3.52. The first-order valence-corrected chi connectivity index (χ1v) is 12.1. The number of phenols is 1. The largest absolute Gasteiger partial charge is 0.506 e. The van der Waals surface area contributed by atoms with Crippen molar-refractivity contribution in [3.05, 3.63) is 66.2 Å². The van der Waals surface area contributed by atoms with Gasteiger partial charge in [0, 0.05) is 24.2 Å². The Morgan fingerprint density at radius 2 is 1.64 bits per heavy atom. The van der Waals surface area contributed by atoms with Crippen molar-refractivity contribution in [2.24, 2.45) is 0 Å². The fourth-order valence-electron chi connectivity index (χ4n) is 3.79. The highest BCUT2D eigenvalue weighted by atomic mass is 32.2. The number of esters is 1. The Kier molecular flexibility index (Phi) is 6.62. The van der Waals surface area contributed by atoms with E-state index in [1.54, 1.807) is 24.3 Å². The van der Waals surface area contributed by atoms with Crippen LogP contribution in [0.5, 0.6) is 5.75 Å². The smallest absolute Gasteiger partial charge is 0.342 e. The van der Waals surface area contributed by atoms with Crippen LogP contribution in [0.15, 0.2) is 65.6 Å². The van der Waals surface area contributed by atoms with Crippen LogP contribution in [0.3, 0.4) is 0 Å². The van der Waals surface area contributed by atoms with E-state index in [0.717, 1.165) is 24.6 Å². The monoisotopic (exact) mass is 468 g/mol. The second kappa shape index (κ2) is 9.60. The maximum atomic E-state index is 12.7. The van der Waals surface area contributed by atoms with Gasteiger partial charge in [-0.1, -0.05) is 36.8 Å². The summed E-state index contributed by atoms with van der Waals surface area (Å²) in [5.74, 6) is -1.62. The number of carbonyl (C=O) groups excluding carboxylic acids is 2. The van der Waals surface area contributed by atoms with Gasteiger partial charge in [-0.2, -0.15) is 4.31 Å². The van der Waals surface area contributed by atoms with Gasteiger partial charge in [0.05, 0.1) is 4.90 Å². The lowest BCUT2D eigenvalue weighted by Crippen LogP contribution is -2.35. The number of rotatable bonds is 6. The van der Waals surface area contributed by atoms with Crippen molar-refractivity contribution in [2.45, 2.75) is 24.2 Å². The molecule has 2 N–H and O–H groups in total. The number of fused-ring (bicyclic) bond motifs is 1. The fraction of sp³-hybridized carbons (Fsp3) is 0.250. The zero-order valence-corrected chi connectivity index (χ0v) is 18.7. The first-order chi connectivity index (χ1) is 15.9. The van der Waals surface area contributed by atoms with E-state index in [-0.39, 0.29) is 16.2 Å². The van der Waals surface area contributed by atoms with E-state index in [9.17, 15) is 23.1 Å². The van der Waals surface area contributed by atoms with Crippen molar-refractivity contribution >= 4 is 38.4 Å². The first-order valence-electron chi connectivity index (χ1n) is 10.6. The molecule has 9 heteroatoms. The van der Waals surface area contributed by atoms with Gasteiger partial charge in [0.15, 0.2) is 6.61 Å². The van der Waals surface area contributed by atoms with E-state index in [4.69, 9.17) is 4.74 Å². The third kappa shape index (κ3) is 4.99. The average Bonchev–Trinajstić information content (AvgIpc) is 2.84. The highest BCUT2D eigenvalue weighted by Crippen LogP contribution is 2.29. The summed E-state index contributed by atoms with van der Waals surface area (Å²) in [5.41, 5.74) is 0.343.